The van der Waals surface area contributed by atoms with E-state index in [-0.39, 0.29) is 23.8 Å². The van der Waals surface area contributed by atoms with Crippen LogP contribution >= 0.6 is 11.5 Å². The largest absolute Gasteiger partial charge is 0.484 e. The minimum atomic E-state index is -0.125. The second-order valence-electron chi connectivity index (χ2n) is 8.79. The van der Waals surface area contributed by atoms with E-state index in [0.717, 1.165) is 24.4 Å². The molecule has 0 bridgehead atoms. The van der Waals surface area contributed by atoms with Crippen LogP contribution in [0.3, 0.4) is 0 Å². The van der Waals surface area contributed by atoms with Gasteiger partial charge >= 0.3 is 0 Å². The number of ether oxygens (including phenoxy) is 1. The van der Waals surface area contributed by atoms with Gasteiger partial charge in [0.15, 0.2) is 6.61 Å². The molecule has 30 heavy (non-hydrogen) atoms. The van der Waals surface area contributed by atoms with Crippen LogP contribution in [0.5, 0.6) is 5.75 Å². The van der Waals surface area contributed by atoms with Crippen LogP contribution in [0.1, 0.15) is 54.5 Å². The summed E-state index contributed by atoms with van der Waals surface area (Å²) in [4.78, 5) is 27.1. The number of carbonyl (C=O) groups is 2. The van der Waals surface area contributed by atoms with Crippen molar-refractivity contribution in [3.63, 3.8) is 0 Å². The van der Waals surface area contributed by atoms with Crippen molar-refractivity contribution in [3.05, 3.63) is 40.4 Å². The SMILES string of the molecule is Cc1nnsc1C(=O)N1CCC(CNC(=O)COc2ccc(C(C)(C)C)cc2)CC1. The fourth-order valence-electron chi connectivity index (χ4n) is 3.42. The van der Waals surface area contributed by atoms with Crippen molar-refractivity contribution in [1.29, 1.82) is 0 Å². The smallest absolute Gasteiger partial charge is 0.267 e. The average molecular weight is 431 g/mol. The van der Waals surface area contributed by atoms with Crippen molar-refractivity contribution in [3.8, 4) is 5.75 Å². The molecule has 1 aromatic carbocycles. The monoisotopic (exact) mass is 430 g/mol. The van der Waals surface area contributed by atoms with Crippen molar-refractivity contribution < 1.29 is 14.3 Å². The molecule has 1 aliphatic rings. The Kier molecular flexibility index (Phi) is 7.07. The molecule has 1 aromatic heterocycles. The second kappa shape index (κ2) is 9.55. The van der Waals surface area contributed by atoms with E-state index < -0.39 is 0 Å². The molecule has 8 heteroatoms. The molecule has 2 heterocycles. The Morgan fingerprint density at radius 3 is 2.43 bits per heavy atom. The average Bonchev–Trinajstić information content (AvgIpc) is 3.16. The molecule has 0 atom stereocenters. The van der Waals surface area contributed by atoms with E-state index in [9.17, 15) is 9.59 Å². The number of aryl methyl sites for hydroxylation is 1. The molecular weight excluding hydrogens is 400 g/mol. The first-order valence-electron chi connectivity index (χ1n) is 10.3. The Hall–Kier alpha value is -2.48. The zero-order valence-electron chi connectivity index (χ0n) is 18.1. The Bertz CT molecular complexity index is 865. The summed E-state index contributed by atoms with van der Waals surface area (Å²) in [6, 6.07) is 7.88. The molecule has 3 rings (SSSR count). The van der Waals surface area contributed by atoms with Crippen molar-refractivity contribution in [1.82, 2.24) is 19.8 Å². The summed E-state index contributed by atoms with van der Waals surface area (Å²) < 4.78 is 9.44. The molecule has 162 valence electrons. The van der Waals surface area contributed by atoms with Gasteiger partial charge in [-0.25, -0.2) is 0 Å². The number of rotatable bonds is 6. The normalized spacial score (nSPS) is 15.1. The van der Waals surface area contributed by atoms with Crippen LogP contribution in [0.4, 0.5) is 0 Å². The van der Waals surface area contributed by atoms with Gasteiger partial charge in [-0.2, -0.15) is 0 Å². The zero-order valence-corrected chi connectivity index (χ0v) is 18.9. The van der Waals surface area contributed by atoms with E-state index in [1.807, 2.05) is 29.2 Å². The summed E-state index contributed by atoms with van der Waals surface area (Å²) in [6.07, 6.45) is 1.73. The van der Waals surface area contributed by atoms with Crippen LogP contribution in [0.15, 0.2) is 24.3 Å². The number of nitrogens with one attached hydrogen (secondary N) is 1. The van der Waals surface area contributed by atoms with Gasteiger partial charge in [0.25, 0.3) is 11.8 Å². The number of likely N-dealkylation sites (tertiary alicyclic amines) is 1. The van der Waals surface area contributed by atoms with Gasteiger partial charge in [0, 0.05) is 19.6 Å². The molecular formula is C22H30N4O3S. The summed E-state index contributed by atoms with van der Waals surface area (Å²) in [5.74, 6) is 0.943. The van der Waals surface area contributed by atoms with Crippen LogP contribution in [0, 0.1) is 12.8 Å². The van der Waals surface area contributed by atoms with E-state index in [1.165, 1.54) is 5.56 Å². The lowest BCUT2D eigenvalue weighted by Crippen LogP contribution is -2.42. The van der Waals surface area contributed by atoms with Crippen LogP contribution in [0.25, 0.3) is 0 Å². The molecule has 0 aliphatic carbocycles. The third-order valence-corrected chi connectivity index (χ3v) is 6.24. The molecule has 2 amide bonds. The van der Waals surface area contributed by atoms with E-state index in [0.29, 0.717) is 41.9 Å². The first-order valence-corrected chi connectivity index (χ1v) is 11.1. The molecule has 1 N–H and O–H groups in total. The molecule has 0 spiro atoms. The van der Waals surface area contributed by atoms with E-state index in [2.05, 4.69) is 35.7 Å². The lowest BCUT2D eigenvalue weighted by atomic mass is 9.87. The highest BCUT2D eigenvalue weighted by atomic mass is 32.1. The molecule has 0 unspecified atom stereocenters. The standard InChI is InChI=1S/C22H30N4O3S/c1-15-20(30-25-24-15)21(28)26-11-9-16(10-12-26)13-23-19(27)14-29-18-7-5-17(6-8-18)22(2,3)4/h5-8,16H,9-14H2,1-4H3,(H,23,27). The van der Waals surface area contributed by atoms with Gasteiger partial charge in [0.05, 0.1) is 5.69 Å². The van der Waals surface area contributed by atoms with Crippen LogP contribution in [-0.4, -0.2) is 52.5 Å². The van der Waals surface area contributed by atoms with Gasteiger partial charge in [-0.05, 0) is 60.3 Å². The van der Waals surface area contributed by atoms with Gasteiger partial charge in [-0.1, -0.05) is 37.4 Å². The third-order valence-electron chi connectivity index (χ3n) is 5.43. The lowest BCUT2D eigenvalue weighted by molar-refractivity contribution is -0.123. The number of carbonyl (C=O) groups excluding carboxylic acids is 2. The third kappa shape index (κ3) is 5.78. The Balaban J connectivity index is 1.37. The van der Waals surface area contributed by atoms with E-state index in [4.69, 9.17) is 4.74 Å². The predicted molar refractivity (Wildman–Crippen MR) is 117 cm³/mol. The van der Waals surface area contributed by atoms with Crippen LogP contribution in [0.2, 0.25) is 0 Å². The maximum absolute atomic E-state index is 12.5. The molecule has 1 fully saturated rings. The topological polar surface area (TPSA) is 84.4 Å². The van der Waals surface area contributed by atoms with Gasteiger partial charge in [0.1, 0.15) is 10.6 Å². The number of nitrogens with zero attached hydrogens (tertiary/aromatic N) is 3. The van der Waals surface area contributed by atoms with Gasteiger partial charge in [-0.15, -0.1) is 5.10 Å². The number of piperidine rings is 1. The number of hydrogen-bond acceptors (Lipinski definition) is 6. The van der Waals surface area contributed by atoms with E-state index >= 15 is 0 Å². The van der Waals surface area contributed by atoms with Crippen molar-refractivity contribution in [2.45, 2.75) is 46.0 Å². The van der Waals surface area contributed by atoms with E-state index in [1.54, 1.807) is 6.92 Å². The molecule has 1 saturated heterocycles. The highest BCUT2D eigenvalue weighted by Gasteiger charge is 2.26. The van der Waals surface area contributed by atoms with Crippen molar-refractivity contribution >= 4 is 23.3 Å². The number of hydrogen-bond donors (Lipinski definition) is 1. The van der Waals surface area contributed by atoms with Gasteiger partial charge in [0.2, 0.25) is 0 Å². The van der Waals surface area contributed by atoms with Crippen LogP contribution in [-0.2, 0) is 10.2 Å². The zero-order chi connectivity index (χ0) is 21.7. The highest BCUT2D eigenvalue weighted by molar-refractivity contribution is 7.07. The summed E-state index contributed by atoms with van der Waals surface area (Å²) in [5, 5.41) is 6.87. The molecule has 1 aliphatic heterocycles. The van der Waals surface area contributed by atoms with Gasteiger partial charge in [-0.3, -0.25) is 9.59 Å². The second-order valence-corrected chi connectivity index (χ2v) is 9.54. The summed E-state index contributed by atoms with van der Waals surface area (Å²) >= 11 is 1.15. The molecule has 7 nitrogen and oxygen atoms in total. The molecule has 0 radical (unpaired) electrons. The lowest BCUT2D eigenvalue weighted by Gasteiger charge is -2.31. The molecule has 2 aromatic rings. The Morgan fingerprint density at radius 1 is 1.20 bits per heavy atom. The summed E-state index contributed by atoms with van der Waals surface area (Å²) in [5.41, 5.74) is 2.00. The number of aromatic nitrogens is 2. The maximum atomic E-state index is 12.5. The summed E-state index contributed by atoms with van der Waals surface area (Å²) in [6.45, 7) is 10.3. The fraction of sp³-hybridized carbons (Fsp3) is 0.545. The number of amides is 2. The Morgan fingerprint density at radius 2 is 1.87 bits per heavy atom. The minimum Gasteiger partial charge on any atom is -0.484 e. The first-order chi connectivity index (χ1) is 14.2. The minimum absolute atomic E-state index is 0.00382. The first kappa shape index (κ1) is 22.2. The number of benzene rings is 1. The quantitative estimate of drug-likeness (QED) is 0.761. The van der Waals surface area contributed by atoms with Gasteiger partial charge < -0.3 is 15.0 Å². The van der Waals surface area contributed by atoms with Crippen molar-refractivity contribution in [2.75, 3.05) is 26.2 Å². The fourth-order valence-corrected chi connectivity index (χ4v) is 4.05. The highest BCUT2D eigenvalue weighted by Crippen LogP contribution is 2.24. The molecule has 0 saturated carbocycles. The predicted octanol–water partition coefficient (Wildman–Crippen LogP) is 3.19. The summed E-state index contributed by atoms with van der Waals surface area (Å²) in [7, 11) is 0. The van der Waals surface area contributed by atoms with Crippen molar-refractivity contribution in [2.24, 2.45) is 5.92 Å². The van der Waals surface area contributed by atoms with Crippen LogP contribution < -0.4 is 10.1 Å². The Labute approximate surface area is 182 Å². The maximum Gasteiger partial charge on any atom is 0.267 e.